The van der Waals surface area contributed by atoms with Crippen molar-refractivity contribution in [2.45, 2.75) is 31.2 Å². The average molecular weight is 912 g/mol. The van der Waals surface area contributed by atoms with Gasteiger partial charge in [0.1, 0.15) is 0 Å². The summed E-state index contributed by atoms with van der Waals surface area (Å²) in [4.78, 5) is 2.52. The van der Waals surface area contributed by atoms with Crippen LogP contribution in [-0.4, -0.2) is 0 Å². The zero-order chi connectivity index (χ0) is 45.7. The third-order valence-corrected chi connectivity index (χ3v) is 19.7. The number of fused-ring (bicyclic) bond motifs is 11. The van der Waals surface area contributed by atoms with Crippen LogP contribution in [0.2, 0.25) is 0 Å². The minimum Gasteiger partial charge on any atom is -0.337 e. The van der Waals surface area contributed by atoms with Gasteiger partial charge in [0.15, 0.2) is 0 Å². The van der Waals surface area contributed by atoms with Crippen LogP contribution in [0.5, 0.6) is 0 Å². The van der Waals surface area contributed by atoms with E-state index in [-0.39, 0.29) is 5.41 Å². The van der Waals surface area contributed by atoms with Crippen LogP contribution in [0.15, 0.2) is 224 Å². The van der Waals surface area contributed by atoms with Crippen LogP contribution in [0.25, 0.3) is 86.6 Å². The summed E-state index contributed by atoms with van der Waals surface area (Å²) in [5.74, 6) is 3.64. The molecule has 0 bridgehead atoms. The maximum atomic E-state index is 2.62. The zero-order valence-electron chi connectivity index (χ0n) is 38.9. The molecule has 4 saturated carbocycles. The minimum absolute atomic E-state index is 0.208. The van der Waals surface area contributed by atoms with Crippen LogP contribution in [0, 0.1) is 29.1 Å². The van der Waals surface area contributed by atoms with Crippen molar-refractivity contribution >= 4 is 53.7 Å². The van der Waals surface area contributed by atoms with Gasteiger partial charge < -0.3 is 4.90 Å². The second-order valence-electron chi connectivity index (χ2n) is 21.1. The van der Waals surface area contributed by atoms with Gasteiger partial charge in [-0.2, -0.15) is 0 Å². The fourth-order valence-electron chi connectivity index (χ4n) is 15.6. The Kier molecular flexibility index (Phi) is 8.16. The molecule has 0 N–H and O–H groups in total. The van der Waals surface area contributed by atoms with Crippen LogP contribution in [0.3, 0.4) is 0 Å². The predicted octanol–water partition coefficient (Wildman–Crippen LogP) is 18.2. The van der Waals surface area contributed by atoms with Crippen molar-refractivity contribution < 1.29 is 0 Å². The highest BCUT2D eigenvalue weighted by atomic mass is 32.1. The standard InChI is InChI=1S/C68H49NS/c1-2-13-43(14-3-1)53-21-10-16-45-17-11-23-58(65(45)53)52-18-5-4-15-47(52)41-69(51-34-29-44(30-35-51)54-22-12-24-59-57-20-7-9-26-62(57)70-66(54)59)50-32-27-42(28-33-50)46-31-36-56-55-19-6-8-25-60(55)68(61(56)37-46)63-39-48-38-49-40-64(68)67(48,49)63/h1-37,48-49,63-64H,38-41H2. The number of hydrogen-bond acceptors (Lipinski definition) is 2. The summed E-state index contributed by atoms with van der Waals surface area (Å²) < 4.78 is 2.68. The van der Waals surface area contributed by atoms with Gasteiger partial charge in [-0.05, 0) is 168 Å². The molecule has 10 aromatic carbocycles. The molecule has 5 aliphatic rings. The summed E-state index contributed by atoms with van der Waals surface area (Å²) in [7, 11) is 0. The summed E-state index contributed by atoms with van der Waals surface area (Å²) in [6.07, 6.45) is 4.35. The lowest BCUT2D eigenvalue weighted by atomic mass is 9.11. The topological polar surface area (TPSA) is 3.24 Å². The van der Waals surface area contributed by atoms with Gasteiger partial charge in [-0.15, -0.1) is 11.3 Å². The Morgan fingerprint density at radius 1 is 0.414 bits per heavy atom. The first-order valence-electron chi connectivity index (χ1n) is 25.5. The molecular weight excluding hydrogens is 863 g/mol. The maximum absolute atomic E-state index is 2.62. The van der Waals surface area contributed by atoms with Gasteiger partial charge in [-0.1, -0.05) is 188 Å². The molecular formula is C68H49NS. The summed E-state index contributed by atoms with van der Waals surface area (Å²) >= 11 is 1.90. The summed E-state index contributed by atoms with van der Waals surface area (Å²) in [6.45, 7) is 0.705. The molecule has 0 aliphatic heterocycles. The third-order valence-electron chi connectivity index (χ3n) is 18.5. The number of anilines is 2. The first kappa shape index (κ1) is 39.3. The smallest absolute Gasteiger partial charge is 0.0487 e. The lowest BCUT2D eigenvalue weighted by Crippen LogP contribution is -2.88. The van der Waals surface area contributed by atoms with E-state index in [1.165, 1.54) is 123 Å². The van der Waals surface area contributed by atoms with Gasteiger partial charge in [0.05, 0.1) is 0 Å². The Hall–Kier alpha value is -7.52. The van der Waals surface area contributed by atoms with Crippen molar-refractivity contribution in [1.82, 2.24) is 0 Å². The van der Waals surface area contributed by atoms with E-state index in [2.05, 4.69) is 229 Å². The van der Waals surface area contributed by atoms with Gasteiger partial charge in [-0.3, -0.25) is 0 Å². The highest BCUT2D eigenvalue weighted by molar-refractivity contribution is 7.26. The molecule has 4 atom stereocenters. The molecule has 2 spiro atoms. The van der Waals surface area contributed by atoms with E-state index in [4.69, 9.17) is 0 Å². The van der Waals surface area contributed by atoms with E-state index in [0.717, 1.165) is 23.7 Å². The Morgan fingerprint density at radius 2 is 1.00 bits per heavy atom. The Labute approximate surface area is 413 Å². The normalized spacial score (nSPS) is 22.9. The summed E-state index contributed by atoms with van der Waals surface area (Å²) in [5.41, 5.74) is 20.9. The van der Waals surface area contributed by atoms with Crippen molar-refractivity contribution in [2.24, 2.45) is 29.1 Å². The first-order chi connectivity index (χ1) is 34.7. The average Bonchev–Trinajstić information content (AvgIpc) is 4.05. The lowest BCUT2D eigenvalue weighted by molar-refractivity contribution is -0.412. The molecule has 0 radical (unpaired) electrons. The molecule has 1 aromatic heterocycles. The molecule has 11 aromatic rings. The highest BCUT2D eigenvalue weighted by Crippen LogP contribution is 2.94. The monoisotopic (exact) mass is 911 g/mol. The van der Waals surface area contributed by atoms with Gasteiger partial charge >= 0.3 is 0 Å². The molecule has 5 aliphatic carbocycles. The molecule has 0 amide bonds. The number of rotatable bonds is 8. The molecule has 2 heteroatoms. The van der Waals surface area contributed by atoms with E-state index in [9.17, 15) is 0 Å². The van der Waals surface area contributed by atoms with E-state index in [0.29, 0.717) is 12.0 Å². The third kappa shape index (κ3) is 5.12. The van der Waals surface area contributed by atoms with Crippen molar-refractivity contribution in [1.29, 1.82) is 0 Å². The van der Waals surface area contributed by atoms with Crippen molar-refractivity contribution in [3.05, 3.63) is 241 Å². The van der Waals surface area contributed by atoms with E-state index >= 15 is 0 Å². The van der Waals surface area contributed by atoms with Gasteiger partial charge in [-0.25, -0.2) is 0 Å². The fraction of sp³-hybridized carbons (Fsp3) is 0.147. The van der Waals surface area contributed by atoms with Crippen molar-refractivity contribution in [3.63, 3.8) is 0 Å². The fourth-order valence-corrected chi connectivity index (χ4v) is 16.9. The van der Waals surface area contributed by atoms with Crippen LogP contribution in [0.4, 0.5) is 11.4 Å². The second kappa shape index (κ2) is 14.5. The van der Waals surface area contributed by atoms with Gasteiger partial charge in [0.25, 0.3) is 0 Å². The Morgan fingerprint density at radius 3 is 1.79 bits per heavy atom. The summed E-state index contributed by atoms with van der Waals surface area (Å²) in [6, 6.07) is 84.8. The first-order valence-corrected chi connectivity index (χ1v) is 26.3. The second-order valence-corrected chi connectivity index (χ2v) is 22.1. The Balaban J connectivity index is 0.801. The van der Waals surface area contributed by atoms with Crippen LogP contribution < -0.4 is 4.90 Å². The predicted molar refractivity (Wildman–Crippen MR) is 294 cm³/mol. The molecule has 70 heavy (non-hydrogen) atoms. The van der Waals surface area contributed by atoms with E-state index < -0.39 is 0 Å². The maximum Gasteiger partial charge on any atom is 0.0487 e. The minimum atomic E-state index is 0.208. The van der Waals surface area contributed by atoms with Gasteiger partial charge in [0, 0.05) is 43.5 Å². The molecule has 0 saturated heterocycles. The highest BCUT2D eigenvalue weighted by Gasteiger charge is 2.90. The Bertz CT molecular complexity index is 3910. The van der Waals surface area contributed by atoms with Crippen molar-refractivity contribution in [2.75, 3.05) is 4.90 Å². The van der Waals surface area contributed by atoms with Crippen LogP contribution in [0.1, 0.15) is 36.0 Å². The summed E-state index contributed by atoms with van der Waals surface area (Å²) in [5, 5.41) is 5.20. The van der Waals surface area contributed by atoms with E-state index in [1.807, 2.05) is 11.3 Å². The molecule has 1 heterocycles. The molecule has 4 unspecified atom stereocenters. The number of thiophene rings is 1. The number of hydrogen-bond donors (Lipinski definition) is 0. The van der Waals surface area contributed by atoms with Crippen LogP contribution >= 0.6 is 11.3 Å². The quantitative estimate of drug-likeness (QED) is 0.147. The van der Waals surface area contributed by atoms with Gasteiger partial charge in [0.2, 0.25) is 0 Å². The molecule has 332 valence electrons. The lowest BCUT2D eigenvalue weighted by Gasteiger charge is -2.92. The number of benzene rings is 10. The van der Waals surface area contributed by atoms with Crippen molar-refractivity contribution in [3.8, 4) is 55.6 Å². The SMILES string of the molecule is c1ccc(-c2cccc3cccc(-c4ccccc4CN(c4ccc(-c5ccc6c(c5)C5(c7ccccc7-6)C6CC7CC8CC5C786)cc4)c4ccc(-c5cccc6c5sc5ccccc56)cc4)c23)cc1. The zero-order valence-corrected chi connectivity index (χ0v) is 39.7. The largest absolute Gasteiger partial charge is 0.337 e. The number of nitrogens with zero attached hydrogens (tertiary/aromatic N) is 1. The molecule has 1 nitrogen and oxygen atoms in total. The van der Waals surface area contributed by atoms with E-state index in [1.54, 1.807) is 11.1 Å². The molecule has 4 fully saturated rings. The molecule has 16 rings (SSSR count). The van der Waals surface area contributed by atoms with Crippen LogP contribution in [-0.2, 0) is 12.0 Å².